The van der Waals surface area contributed by atoms with Gasteiger partial charge in [0.2, 0.25) is 0 Å². The van der Waals surface area contributed by atoms with E-state index in [-0.39, 0.29) is 5.41 Å². The Morgan fingerprint density at radius 3 is 2.53 bits per heavy atom. The van der Waals surface area contributed by atoms with E-state index in [0.29, 0.717) is 11.6 Å². The van der Waals surface area contributed by atoms with E-state index in [0.717, 1.165) is 16.4 Å². The summed E-state index contributed by atoms with van der Waals surface area (Å²) in [5, 5.41) is 11.4. The van der Waals surface area contributed by atoms with Crippen molar-refractivity contribution in [3.05, 3.63) is 39.1 Å². The minimum atomic E-state index is 0.0976. The normalized spacial score (nSPS) is 11.8. The Kier molecular flexibility index (Phi) is 3.45. The van der Waals surface area contributed by atoms with Crippen LogP contribution in [0.5, 0.6) is 0 Å². The molecule has 2 aromatic heterocycles. The summed E-state index contributed by atoms with van der Waals surface area (Å²) in [6, 6.07) is 3.63. The van der Waals surface area contributed by atoms with E-state index < -0.39 is 0 Å². The van der Waals surface area contributed by atoms with Gasteiger partial charge in [0.05, 0.1) is 16.4 Å². The van der Waals surface area contributed by atoms with Crippen molar-refractivity contribution < 1.29 is 0 Å². The first-order valence-electron chi connectivity index (χ1n) is 5.38. The predicted molar refractivity (Wildman–Crippen MR) is 70.7 cm³/mol. The highest BCUT2D eigenvalue weighted by Crippen LogP contribution is 2.24. The minimum Gasteiger partial charge on any atom is -0.245 e. The number of hydrogen-bond acceptors (Lipinski definition) is 4. The minimum absolute atomic E-state index is 0.0976. The van der Waals surface area contributed by atoms with Crippen molar-refractivity contribution in [1.29, 1.82) is 0 Å². The third-order valence-electron chi connectivity index (χ3n) is 2.34. The van der Waals surface area contributed by atoms with Crippen LogP contribution >= 0.6 is 22.9 Å². The summed E-state index contributed by atoms with van der Waals surface area (Å²) in [5.74, 6) is 0. The molecular weight excluding hydrogens is 254 g/mol. The van der Waals surface area contributed by atoms with Crippen molar-refractivity contribution in [3.63, 3.8) is 0 Å². The van der Waals surface area contributed by atoms with Gasteiger partial charge >= 0.3 is 0 Å². The predicted octanol–water partition coefficient (Wildman–Crippen LogP) is 3.47. The molecule has 0 spiro atoms. The van der Waals surface area contributed by atoms with Crippen molar-refractivity contribution in [2.45, 2.75) is 32.6 Å². The fraction of sp³-hybridized carbons (Fsp3) is 0.417. The molecule has 0 saturated heterocycles. The second-order valence-corrected chi connectivity index (χ2v) is 6.23. The smallest absolute Gasteiger partial charge is 0.151 e. The Morgan fingerprint density at radius 1 is 1.24 bits per heavy atom. The molecule has 0 unspecified atom stereocenters. The van der Waals surface area contributed by atoms with E-state index in [4.69, 9.17) is 11.6 Å². The maximum atomic E-state index is 5.69. The lowest BCUT2D eigenvalue weighted by Crippen LogP contribution is -2.11. The van der Waals surface area contributed by atoms with Crippen LogP contribution in [0.2, 0.25) is 5.15 Å². The van der Waals surface area contributed by atoms with E-state index in [1.54, 1.807) is 17.4 Å². The van der Waals surface area contributed by atoms with Crippen LogP contribution in [0.25, 0.3) is 0 Å². The van der Waals surface area contributed by atoms with Crippen LogP contribution < -0.4 is 0 Å². The zero-order valence-corrected chi connectivity index (χ0v) is 11.6. The van der Waals surface area contributed by atoms with E-state index in [9.17, 15) is 0 Å². The molecule has 2 aromatic rings. The molecule has 0 radical (unpaired) electrons. The highest BCUT2D eigenvalue weighted by Gasteiger charge is 2.17. The summed E-state index contributed by atoms with van der Waals surface area (Å²) in [7, 11) is 0. The SMILES string of the molecule is CC(C)(C)c1csc(Cc2ccc(Cl)nn2)n1. The van der Waals surface area contributed by atoms with Gasteiger partial charge in [-0.1, -0.05) is 32.4 Å². The van der Waals surface area contributed by atoms with Gasteiger partial charge in [0.25, 0.3) is 0 Å². The number of rotatable bonds is 2. The Hall–Kier alpha value is -1.00. The first kappa shape index (κ1) is 12.5. The number of nitrogens with zero attached hydrogens (tertiary/aromatic N) is 3. The maximum absolute atomic E-state index is 5.69. The number of hydrogen-bond donors (Lipinski definition) is 0. The summed E-state index contributed by atoms with van der Waals surface area (Å²) >= 11 is 7.36. The lowest BCUT2D eigenvalue weighted by atomic mass is 9.93. The van der Waals surface area contributed by atoms with Gasteiger partial charge in [0.15, 0.2) is 5.15 Å². The quantitative estimate of drug-likeness (QED) is 0.836. The molecule has 0 atom stereocenters. The van der Waals surface area contributed by atoms with E-state index in [1.807, 2.05) is 6.07 Å². The molecule has 0 aliphatic heterocycles. The molecule has 0 bridgehead atoms. The van der Waals surface area contributed by atoms with Crippen LogP contribution in [-0.4, -0.2) is 15.2 Å². The number of halogens is 1. The van der Waals surface area contributed by atoms with Gasteiger partial charge in [-0.05, 0) is 12.1 Å². The molecule has 3 nitrogen and oxygen atoms in total. The summed E-state index contributed by atoms with van der Waals surface area (Å²) < 4.78 is 0. The summed E-state index contributed by atoms with van der Waals surface area (Å²) in [6.07, 6.45) is 0.713. The molecule has 0 amide bonds. The van der Waals surface area contributed by atoms with Crippen molar-refractivity contribution in [1.82, 2.24) is 15.2 Å². The van der Waals surface area contributed by atoms with Crippen molar-refractivity contribution in [2.24, 2.45) is 0 Å². The molecule has 5 heteroatoms. The highest BCUT2D eigenvalue weighted by molar-refractivity contribution is 7.09. The summed E-state index contributed by atoms with van der Waals surface area (Å²) in [6.45, 7) is 6.48. The van der Waals surface area contributed by atoms with Crippen LogP contribution in [0, 0.1) is 0 Å². The molecule has 0 fully saturated rings. The molecule has 0 aliphatic carbocycles. The van der Waals surface area contributed by atoms with Gasteiger partial charge in [0, 0.05) is 17.2 Å². The Morgan fingerprint density at radius 2 is 2.00 bits per heavy atom. The molecule has 0 aromatic carbocycles. The fourth-order valence-electron chi connectivity index (χ4n) is 1.33. The Balaban J connectivity index is 2.14. The summed E-state index contributed by atoms with van der Waals surface area (Å²) in [5.41, 5.74) is 2.11. The molecule has 2 heterocycles. The third-order valence-corrected chi connectivity index (χ3v) is 3.39. The fourth-order valence-corrected chi connectivity index (χ4v) is 2.47. The Bertz CT molecular complexity index is 499. The number of aromatic nitrogens is 3. The lowest BCUT2D eigenvalue weighted by Gasteiger charge is -2.14. The first-order valence-corrected chi connectivity index (χ1v) is 6.64. The van der Waals surface area contributed by atoms with Gasteiger partial charge in [-0.3, -0.25) is 0 Å². The van der Waals surface area contributed by atoms with Crippen LogP contribution in [-0.2, 0) is 11.8 Å². The number of thiazole rings is 1. The van der Waals surface area contributed by atoms with E-state index >= 15 is 0 Å². The average molecular weight is 268 g/mol. The second kappa shape index (κ2) is 4.70. The zero-order valence-electron chi connectivity index (χ0n) is 10.1. The lowest BCUT2D eigenvalue weighted by molar-refractivity contribution is 0.571. The molecule has 17 heavy (non-hydrogen) atoms. The largest absolute Gasteiger partial charge is 0.245 e. The second-order valence-electron chi connectivity index (χ2n) is 4.90. The van der Waals surface area contributed by atoms with Gasteiger partial charge in [-0.15, -0.1) is 16.4 Å². The van der Waals surface area contributed by atoms with E-state index in [2.05, 4.69) is 41.3 Å². The first-order chi connectivity index (χ1) is 7.95. The van der Waals surface area contributed by atoms with E-state index in [1.165, 1.54) is 0 Å². The van der Waals surface area contributed by atoms with Gasteiger partial charge in [-0.2, -0.15) is 5.10 Å². The topological polar surface area (TPSA) is 38.7 Å². The monoisotopic (exact) mass is 267 g/mol. The molecule has 90 valence electrons. The van der Waals surface area contributed by atoms with Crippen LogP contribution in [0.15, 0.2) is 17.5 Å². The van der Waals surface area contributed by atoms with Gasteiger partial charge in [-0.25, -0.2) is 4.98 Å². The van der Waals surface area contributed by atoms with Crippen molar-refractivity contribution in [3.8, 4) is 0 Å². The van der Waals surface area contributed by atoms with Crippen LogP contribution in [0.1, 0.15) is 37.2 Å². The Labute approximate surface area is 110 Å². The molecule has 2 rings (SSSR count). The maximum Gasteiger partial charge on any atom is 0.151 e. The van der Waals surface area contributed by atoms with Crippen molar-refractivity contribution in [2.75, 3.05) is 0 Å². The molecule has 0 saturated carbocycles. The average Bonchev–Trinajstić information content (AvgIpc) is 2.69. The standard InChI is InChI=1S/C12H14ClN3S/c1-12(2,3)9-7-17-11(14-9)6-8-4-5-10(13)16-15-8/h4-5,7H,6H2,1-3H3. The highest BCUT2D eigenvalue weighted by atomic mass is 35.5. The molecular formula is C12H14ClN3S. The molecule has 0 N–H and O–H groups in total. The van der Waals surface area contributed by atoms with Crippen LogP contribution in [0.3, 0.4) is 0 Å². The molecule has 0 aliphatic rings. The van der Waals surface area contributed by atoms with Gasteiger partial charge < -0.3 is 0 Å². The zero-order chi connectivity index (χ0) is 12.5. The third kappa shape index (κ3) is 3.23. The van der Waals surface area contributed by atoms with Gasteiger partial charge in [0.1, 0.15) is 0 Å². The van der Waals surface area contributed by atoms with Crippen molar-refractivity contribution >= 4 is 22.9 Å². The van der Waals surface area contributed by atoms with Crippen LogP contribution in [0.4, 0.5) is 0 Å². The summed E-state index contributed by atoms with van der Waals surface area (Å²) in [4.78, 5) is 4.62.